The minimum atomic E-state index is -0.234. The van der Waals surface area contributed by atoms with Gasteiger partial charge in [0, 0.05) is 38.1 Å². The Morgan fingerprint density at radius 1 is 1.15 bits per heavy atom. The van der Waals surface area contributed by atoms with E-state index in [9.17, 15) is 19.5 Å². The Kier molecular flexibility index (Phi) is 7.17. The van der Waals surface area contributed by atoms with Crippen LogP contribution in [0.25, 0.3) is 0 Å². The number of aliphatic hydroxyl groups is 1. The first-order chi connectivity index (χ1) is 16.0. The molecule has 0 aromatic heterocycles. The van der Waals surface area contributed by atoms with Gasteiger partial charge in [0.1, 0.15) is 11.6 Å². The number of nitrogens with one attached hydrogen (secondary N) is 1. The zero-order valence-corrected chi connectivity index (χ0v) is 21.9. The number of hydrogen-bond donors (Lipinski definition) is 2. The normalized spacial score (nSPS) is 40.9. The summed E-state index contributed by atoms with van der Waals surface area (Å²) in [6.07, 6.45) is 9.96. The maximum atomic E-state index is 13.4. The monoisotopic (exact) mass is 471 g/mol. The van der Waals surface area contributed by atoms with Crippen LogP contribution in [0.2, 0.25) is 0 Å². The van der Waals surface area contributed by atoms with E-state index in [0.29, 0.717) is 42.9 Å². The molecule has 4 aliphatic rings. The van der Waals surface area contributed by atoms with Gasteiger partial charge in [-0.2, -0.15) is 0 Å². The van der Waals surface area contributed by atoms with Gasteiger partial charge in [-0.15, -0.1) is 0 Å². The number of hydrogen-bond acceptors (Lipinski definition) is 4. The molecule has 0 unspecified atom stereocenters. The highest BCUT2D eigenvalue weighted by atomic mass is 16.3. The summed E-state index contributed by atoms with van der Waals surface area (Å²) < 4.78 is 0. The zero-order chi connectivity index (χ0) is 24.8. The molecule has 4 aliphatic carbocycles. The Balaban J connectivity index is 1.46. The molecule has 0 aliphatic heterocycles. The largest absolute Gasteiger partial charge is 0.393 e. The lowest BCUT2D eigenvalue weighted by atomic mass is 9.47. The molecular weight excluding hydrogens is 426 g/mol. The van der Waals surface area contributed by atoms with Gasteiger partial charge in [0.15, 0.2) is 0 Å². The van der Waals surface area contributed by atoms with Gasteiger partial charge in [0.25, 0.3) is 0 Å². The van der Waals surface area contributed by atoms with E-state index in [1.54, 1.807) is 0 Å². The van der Waals surface area contributed by atoms with Gasteiger partial charge < -0.3 is 10.4 Å². The van der Waals surface area contributed by atoms with Crippen LogP contribution in [0.5, 0.6) is 0 Å². The van der Waals surface area contributed by atoms with Crippen molar-refractivity contribution < 1.29 is 19.5 Å². The fourth-order valence-corrected chi connectivity index (χ4v) is 8.54. The topological polar surface area (TPSA) is 83.5 Å². The molecule has 4 rings (SSSR count). The molecule has 0 heterocycles. The van der Waals surface area contributed by atoms with E-state index < -0.39 is 0 Å². The van der Waals surface area contributed by atoms with Gasteiger partial charge in [0.2, 0.25) is 5.91 Å². The van der Waals surface area contributed by atoms with Crippen LogP contribution < -0.4 is 5.32 Å². The third kappa shape index (κ3) is 4.42. The van der Waals surface area contributed by atoms with E-state index in [4.69, 9.17) is 0 Å². The van der Waals surface area contributed by atoms with Gasteiger partial charge in [-0.3, -0.25) is 14.4 Å². The van der Waals surface area contributed by atoms with Crippen LogP contribution >= 0.6 is 0 Å². The number of rotatable bonds is 7. The van der Waals surface area contributed by atoms with Gasteiger partial charge in [-0.05, 0) is 79.4 Å². The minimum Gasteiger partial charge on any atom is -0.393 e. The van der Waals surface area contributed by atoms with Crippen molar-refractivity contribution >= 4 is 17.5 Å². The first-order valence-electron chi connectivity index (χ1n) is 13.6. The quantitative estimate of drug-likeness (QED) is 0.519. The summed E-state index contributed by atoms with van der Waals surface area (Å²) in [4.78, 5) is 37.8. The molecular formula is C29H45NO4. The van der Waals surface area contributed by atoms with E-state index in [1.807, 2.05) is 6.92 Å². The molecule has 0 saturated heterocycles. The number of allylic oxidation sites excluding steroid dienone is 1. The highest BCUT2D eigenvalue weighted by Gasteiger charge is 2.62. The Morgan fingerprint density at radius 3 is 2.59 bits per heavy atom. The molecule has 1 amide bonds. The van der Waals surface area contributed by atoms with Crippen molar-refractivity contribution in [2.24, 2.45) is 46.3 Å². The molecule has 190 valence electrons. The van der Waals surface area contributed by atoms with Crippen LogP contribution in [0, 0.1) is 46.3 Å². The minimum absolute atomic E-state index is 0.0411. The molecule has 5 nitrogen and oxygen atoms in total. The van der Waals surface area contributed by atoms with Crippen molar-refractivity contribution in [3.8, 4) is 0 Å². The lowest BCUT2D eigenvalue weighted by Crippen LogP contribution is -2.51. The number of carbonyl (C=O) groups excluding carboxylic acids is 3. The number of aliphatic hydroxyl groups excluding tert-OH is 1. The van der Waals surface area contributed by atoms with Crippen LogP contribution in [0.15, 0.2) is 11.6 Å². The third-order valence-corrected chi connectivity index (χ3v) is 10.6. The van der Waals surface area contributed by atoms with Crippen molar-refractivity contribution in [1.82, 2.24) is 5.32 Å². The highest BCUT2D eigenvalue weighted by Crippen LogP contribution is 2.66. The second-order valence-electron chi connectivity index (χ2n) is 12.7. The molecule has 34 heavy (non-hydrogen) atoms. The van der Waals surface area contributed by atoms with Crippen molar-refractivity contribution in [2.75, 3.05) is 6.54 Å². The fourth-order valence-electron chi connectivity index (χ4n) is 8.54. The summed E-state index contributed by atoms with van der Waals surface area (Å²) in [6, 6.07) is 0. The predicted molar refractivity (Wildman–Crippen MR) is 133 cm³/mol. The Morgan fingerprint density at radius 2 is 1.88 bits per heavy atom. The van der Waals surface area contributed by atoms with Crippen LogP contribution in [0.4, 0.5) is 0 Å². The smallest absolute Gasteiger partial charge is 0.216 e. The summed E-state index contributed by atoms with van der Waals surface area (Å²) in [5, 5.41) is 13.1. The van der Waals surface area contributed by atoms with Crippen LogP contribution in [-0.4, -0.2) is 35.2 Å². The standard InChI is InChI=1S/C29H45NO4/c1-17(16-30-19(3)31)6-9-25(33)18(2)27-26(34)15-24-22-8-7-20-14-21(32)10-12-28(20,4)23(22)11-13-29(24,27)5/h7,17-18,21-24,27,32H,6,8-16H2,1-5H3,(H,30,31)/t17-,18-,21-,22+,23-,24-,27-,28-,29-/m0/s1. The van der Waals surface area contributed by atoms with Crippen LogP contribution in [0.3, 0.4) is 0 Å². The molecule has 0 aromatic rings. The fraction of sp³-hybridized carbons (Fsp3) is 0.828. The number of carbonyl (C=O) groups is 3. The lowest BCUT2D eigenvalue weighted by molar-refractivity contribution is -0.134. The summed E-state index contributed by atoms with van der Waals surface area (Å²) in [5.74, 6) is 1.78. The van der Waals surface area contributed by atoms with E-state index in [1.165, 1.54) is 12.5 Å². The highest BCUT2D eigenvalue weighted by molar-refractivity contribution is 5.92. The molecule has 0 radical (unpaired) electrons. The Bertz CT molecular complexity index is 864. The molecule has 9 atom stereocenters. The maximum absolute atomic E-state index is 13.4. The third-order valence-electron chi connectivity index (χ3n) is 10.6. The molecule has 5 heteroatoms. The van der Waals surface area contributed by atoms with E-state index >= 15 is 0 Å². The van der Waals surface area contributed by atoms with Crippen LogP contribution in [-0.2, 0) is 14.4 Å². The van der Waals surface area contributed by atoms with Gasteiger partial charge >= 0.3 is 0 Å². The first kappa shape index (κ1) is 25.6. The van der Waals surface area contributed by atoms with E-state index in [-0.39, 0.29) is 46.4 Å². The number of amides is 1. The SMILES string of the molecule is CC(=O)NC[C@@H](C)CCC(=O)[C@H](C)[C@H]1C(=O)C[C@H]2[C@@H]3CC=C4C[C@@H](O)CC[C@]4(C)[C@H]3CC[C@]12C. The molecule has 2 N–H and O–H groups in total. The number of Topliss-reactive ketones (excluding diaryl/α,β-unsaturated/α-hetero) is 2. The first-order valence-corrected chi connectivity index (χ1v) is 13.6. The number of fused-ring (bicyclic) bond motifs is 5. The number of ketones is 2. The predicted octanol–water partition coefficient (Wildman–Crippen LogP) is 4.86. The molecule has 0 aromatic carbocycles. The Hall–Kier alpha value is -1.49. The van der Waals surface area contributed by atoms with Gasteiger partial charge in [-0.25, -0.2) is 0 Å². The van der Waals surface area contributed by atoms with Crippen molar-refractivity contribution in [2.45, 2.75) is 98.5 Å². The zero-order valence-electron chi connectivity index (χ0n) is 21.9. The maximum Gasteiger partial charge on any atom is 0.216 e. The molecule has 3 fully saturated rings. The van der Waals surface area contributed by atoms with Crippen molar-refractivity contribution in [1.29, 1.82) is 0 Å². The Labute approximate surface area is 205 Å². The second kappa shape index (κ2) is 9.52. The van der Waals surface area contributed by atoms with E-state index in [0.717, 1.165) is 44.9 Å². The average Bonchev–Trinajstić information content (AvgIpc) is 3.05. The van der Waals surface area contributed by atoms with Crippen molar-refractivity contribution in [3.05, 3.63) is 11.6 Å². The molecule has 0 bridgehead atoms. The van der Waals surface area contributed by atoms with Crippen molar-refractivity contribution in [3.63, 3.8) is 0 Å². The summed E-state index contributed by atoms with van der Waals surface area (Å²) in [6.45, 7) is 10.9. The summed E-state index contributed by atoms with van der Waals surface area (Å²) in [7, 11) is 0. The average molecular weight is 472 g/mol. The van der Waals surface area contributed by atoms with Crippen LogP contribution in [0.1, 0.15) is 92.4 Å². The van der Waals surface area contributed by atoms with Gasteiger partial charge in [0.05, 0.1) is 6.10 Å². The second-order valence-corrected chi connectivity index (χ2v) is 12.7. The molecule has 3 saturated carbocycles. The summed E-state index contributed by atoms with van der Waals surface area (Å²) in [5.41, 5.74) is 1.52. The summed E-state index contributed by atoms with van der Waals surface area (Å²) >= 11 is 0. The molecule has 0 spiro atoms. The lowest BCUT2D eigenvalue weighted by Gasteiger charge is -2.58. The van der Waals surface area contributed by atoms with Gasteiger partial charge in [-0.1, -0.05) is 39.3 Å². The van der Waals surface area contributed by atoms with E-state index in [2.05, 4.69) is 32.2 Å².